The second-order valence-electron chi connectivity index (χ2n) is 3.47. The summed E-state index contributed by atoms with van der Waals surface area (Å²) in [5, 5.41) is -0.120. The van der Waals surface area contributed by atoms with Crippen LogP contribution in [0.3, 0.4) is 0 Å². The topological polar surface area (TPSA) is 27.1 Å². The number of hydrogen-bond donors (Lipinski definition) is 0. The van der Waals surface area contributed by atoms with Gasteiger partial charge < -0.3 is 9.30 Å². The molecule has 16 heavy (non-hydrogen) atoms. The van der Waals surface area contributed by atoms with E-state index in [1.165, 1.54) is 0 Å². The van der Waals surface area contributed by atoms with Gasteiger partial charge in [-0.2, -0.15) is 0 Å². The molecule has 0 aliphatic heterocycles. The van der Waals surface area contributed by atoms with Crippen LogP contribution in [0.15, 0.2) is 43.0 Å². The van der Waals surface area contributed by atoms with Crippen molar-refractivity contribution in [1.29, 1.82) is 0 Å². The number of benzene rings is 1. The van der Waals surface area contributed by atoms with E-state index in [1.807, 2.05) is 35.0 Å². The molecule has 2 aromatic rings. The van der Waals surface area contributed by atoms with Crippen LogP contribution in [-0.4, -0.2) is 16.7 Å². The maximum absolute atomic E-state index is 6.35. The van der Waals surface area contributed by atoms with Crippen molar-refractivity contribution in [2.75, 3.05) is 7.11 Å². The molecule has 0 bridgehead atoms. The highest BCUT2D eigenvalue weighted by Gasteiger charge is 2.12. The molecule has 4 heteroatoms. The quantitative estimate of drug-likeness (QED) is 0.764. The van der Waals surface area contributed by atoms with Crippen LogP contribution in [0.2, 0.25) is 0 Å². The lowest BCUT2D eigenvalue weighted by atomic mass is 10.1. The van der Waals surface area contributed by atoms with Crippen LogP contribution in [0.4, 0.5) is 0 Å². The summed E-state index contributed by atoms with van der Waals surface area (Å²) >= 11 is 6.35. The van der Waals surface area contributed by atoms with Crippen molar-refractivity contribution in [3.05, 3.63) is 48.5 Å². The van der Waals surface area contributed by atoms with Gasteiger partial charge in [0.25, 0.3) is 0 Å². The Morgan fingerprint density at radius 2 is 2.25 bits per heavy atom. The molecule has 1 unspecified atom stereocenters. The summed E-state index contributed by atoms with van der Waals surface area (Å²) in [4.78, 5) is 3.98. The first-order valence-electron chi connectivity index (χ1n) is 5.04. The van der Waals surface area contributed by atoms with Gasteiger partial charge in [0.2, 0.25) is 0 Å². The zero-order valence-electron chi connectivity index (χ0n) is 9.01. The van der Waals surface area contributed by atoms with Gasteiger partial charge in [-0.1, -0.05) is 18.2 Å². The molecule has 0 radical (unpaired) electrons. The second-order valence-corrected chi connectivity index (χ2v) is 4.00. The third-order valence-electron chi connectivity index (χ3n) is 2.41. The monoisotopic (exact) mass is 236 g/mol. The lowest BCUT2D eigenvalue weighted by Crippen LogP contribution is -2.03. The molecule has 0 saturated heterocycles. The summed E-state index contributed by atoms with van der Waals surface area (Å²) < 4.78 is 7.22. The number of ether oxygens (including phenoxy) is 1. The minimum absolute atomic E-state index is 0.120. The van der Waals surface area contributed by atoms with E-state index >= 15 is 0 Å². The van der Waals surface area contributed by atoms with E-state index in [0.29, 0.717) is 6.54 Å². The number of aromatic nitrogens is 2. The van der Waals surface area contributed by atoms with Gasteiger partial charge in [-0.15, -0.1) is 11.6 Å². The lowest BCUT2D eigenvalue weighted by molar-refractivity contribution is 0.407. The Bertz CT molecular complexity index is 442. The van der Waals surface area contributed by atoms with Crippen LogP contribution < -0.4 is 4.74 Å². The Hall–Kier alpha value is -1.48. The molecule has 3 nitrogen and oxygen atoms in total. The first kappa shape index (κ1) is 11.0. The minimum Gasteiger partial charge on any atom is -0.496 e. The van der Waals surface area contributed by atoms with E-state index in [-0.39, 0.29) is 5.38 Å². The average Bonchev–Trinajstić information content (AvgIpc) is 2.81. The fraction of sp³-hybridized carbons (Fsp3) is 0.250. The summed E-state index contributed by atoms with van der Waals surface area (Å²) in [5.41, 5.74) is 1.00. The Labute approximate surface area is 99.6 Å². The minimum atomic E-state index is -0.120. The van der Waals surface area contributed by atoms with E-state index in [1.54, 1.807) is 19.6 Å². The first-order valence-corrected chi connectivity index (χ1v) is 5.47. The SMILES string of the molecule is COc1ccccc1C(Cl)Cn1ccnc1. The van der Waals surface area contributed by atoms with Gasteiger partial charge in [0.15, 0.2) is 0 Å². The normalized spacial score (nSPS) is 12.4. The molecular weight excluding hydrogens is 224 g/mol. The molecule has 0 fully saturated rings. The van der Waals surface area contributed by atoms with Crippen molar-refractivity contribution in [3.8, 4) is 5.75 Å². The van der Waals surface area contributed by atoms with Gasteiger partial charge in [0, 0.05) is 24.5 Å². The van der Waals surface area contributed by atoms with Gasteiger partial charge in [0.05, 0.1) is 18.8 Å². The second kappa shape index (κ2) is 5.03. The molecule has 1 atom stereocenters. The van der Waals surface area contributed by atoms with Crippen molar-refractivity contribution in [1.82, 2.24) is 9.55 Å². The Morgan fingerprint density at radius 3 is 2.94 bits per heavy atom. The Morgan fingerprint density at radius 1 is 1.44 bits per heavy atom. The molecule has 0 amide bonds. The van der Waals surface area contributed by atoms with Crippen molar-refractivity contribution in [2.24, 2.45) is 0 Å². The molecule has 0 N–H and O–H groups in total. The van der Waals surface area contributed by atoms with E-state index in [2.05, 4.69) is 4.98 Å². The van der Waals surface area contributed by atoms with Gasteiger partial charge in [-0.05, 0) is 6.07 Å². The number of imidazole rings is 1. The van der Waals surface area contributed by atoms with Gasteiger partial charge >= 0.3 is 0 Å². The summed E-state index contributed by atoms with van der Waals surface area (Å²) in [7, 11) is 1.65. The number of nitrogens with zero attached hydrogens (tertiary/aromatic N) is 2. The molecule has 0 aliphatic carbocycles. The largest absolute Gasteiger partial charge is 0.496 e. The smallest absolute Gasteiger partial charge is 0.123 e. The lowest BCUT2D eigenvalue weighted by Gasteiger charge is -2.14. The number of rotatable bonds is 4. The standard InChI is InChI=1S/C12H13ClN2O/c1-16-12-5-3-2-4-10(12)11(13)8-15-7-6-14-9-15/h2-7,9,11H,8H2,1H3. The van der Waals surface area contributed by atoms with Gasteiger partial charge in [0.1, 0.15) is 5.75 Å². The summed E-state index contributed by atoms with van der Waals surface area (Å²) in [6.07, 6.45) is 5.39. The van der Waals surface area contributed by atoms with Crippen LogP contribution in [0, 0.1) is 0 Å². The highest BCUT2D eigenvalue weighted by Crippen LogP contribution is 2.30. The maximum Gasteiger partial charge on any atom is 0.123 e. The van der Waals surface area contributed by atoms with Crippen molar-refractivity contribution in [3.63, 3.8) is 0 Å². The molecule has 1 aromatic carbocycles. The van der Waals surface area contributed by atoms with Crippen molar-refractivity contribution < 1.29 is 4.74 Å². The van der Waals surface area contributed by atoms with E-state index < -0.39 is 0 Å². The Kier molecular flexibility index (Phi) is 3.47. The van der Waals surface area contributed by atoms with Crippen molar-refractivity contribution in [2.45, 2.75) is 11.9 Å². The number of hydrogen-bond acceptors (Lipinski definition) is 2. The number of methoxy groups -OCH3 is 1. The third kappa shape index (κ3) is 2.36. The number of para-hydroxylation sites is 1. The highest BCUT2D eigenvalue weighted by molar-refractivity contribution is 6.21. The summed E-state index contributed by atoms with van der Waals surface area (Å²) in [5.74, 6) is 0.822. The van der Waals surface area contributed by atoms with Gasteiger partial charge in [-0.3, -0.25) is 0 Å². The Balaban J connectivity index is 2.17. The molecule has 84 valence electrons. The molecule has 0 aliphatic rings. The number of alkyl halides is 1. The first-order chi connectivity index (χ1) is 7.81. The maximum atomic E-state index is 6.35. The summed E-state index contributed by atoms with van der Waals surface area (Å²) in [6.45, 7) is 0.682. The number of halogens is 1. The van der Waals surface area contributed by atoms with Crippen LogP contribution >= 0.6 is 11.6 Å². The predicted octanol–water partition coefficient (Wildman–Crippen LogP) is 2.87. The van der Waals surface area contributed by atoms with Crippen LogP contribution in [0.25, 0.3) is 0 Å². The fourth-order valence-electron chi connectivity index (χ4n) is 1.60. The molecule has 2 rings (SSSR count). The molecule has 0 spiro atoms. The van der Waals surface area contributed by atoms with Crippen LogP contribution in [-0.2, 0) is 6.54 Å². The fourth-order valence-corrected chi connectivity index (χ4v) is 1.94. The predicted molar refractivity (Wildman–Crippen MR) is 63.8 cm³/mol. The summed E-state index contributed by atoms with van der Waals surface area (Å²) in [6, 6.07) is 7.79. The van der Waals surface area contributed by atoms with Crippen LogP contribution in [0.5, 0.6) is 5.75 Å². The van der Waals surface area contributed by atoms with Crippen molar-refractivity contribution >= 4 is 11.6 Å². The van der Waals surface area contributed by atoms with Gasteiger partial charge in [-0.25, -0.2) is 4.98 Å². The molecule has 1 aromatic heterocycles. The van der Waals surface area contributed by atoms with Crippen LogP contribution in [0.1, 0.15) is 10.9 Å². The molecular formula is C12H13ClN2O. The highest BCUT2D eigenvalue weighted by atomic mass is 35.5. The van der Waals surface area contributed by atoms with E-state index in [0.717, 1.165) is 11.3 Å². The van der Waals surface area contributed by atoms with E-state index in [4.69, 9.17) is 16.3 Å². The molecule has 1 heterocycles. The zero-order valence-corrected chi connectivity index (χ0v) is 9.76. The van der Waals surface area contributed by atoms with E-state index in [9.17, 15) is 0 Å². The molecule has 0 saturated carbocycles. The zero-order chi connectivity index (χ0) is 11.4. The average molecular weight is 237 g/mol. The third-order valence-corrected chi connectivity index (χ3v) is 2.78.